The van der Waals surface area contributed by atoms with Gasteiger partial charge in [-0.05, 0) is 72.4 Å². The van der Waals surface area contributed by atoms with Gasteiger partial charge in [-0.3, -0.25) is 0 Å². The number of alkyl halides is 6. The number of oxazole rings is 1. The van der Waals surface area contributed by atoms with Crippen molar-refractivity contribution in [3.05, 3.63) is 77.9 Å². The minimum atomic E-state index is -4.89. The Labute approximate surface area is 245 Å². The molecule has 6 rings (SSSR count). The minimum absolute atomic E-state index is 0.0151. The van der Waals surface area contributed by atoms with Crippen molar-refractivity contribution in [1.82, 2.24) is 25.1 Å². The first kappa shape index (κ1) is 29.8. The zero-order valence-corrected chi connectivity index (χ0v) is 23.0. The van der Waals surface area contributed by atoms with Crippen LogP contribution in [0.1, 0.15) is 30.4 Å². The number of aliphatic hydroxyl groups is 1. The molecule has 5 aromatic rings. The summed E-state index contributed by atoms with van der Waals surface area (Å²) in [5.41, 5.74) is -2.82. The Hall–Kier alpha value is -4.30. The molecule has 0 bridgehead atoms. The highest BCUT2D eigenvalue weighted by atomic mass is 19.4. The van der Waals surface area contributed by atoms with Crippen LogP contribution in [0.2, 0.25) is 0 Å². The Morgan fingerprint density at radius 2 is 1.80 bits per heavy atom. The van der Waals surface area contributed by atoms with Crippen molar-refractivity contribution in [2.75, 3.05) is 0 Å². The first-order valence-electron chi connectivity index (χ1n) is 13.5. The summed E-state index contributed by atoms with van der Waals surface area (Å²) < 4.78 is 104. The van der Waals surface area contributed by atoms with E-state index in [1.807, 2.05) is 0 Å². The predicted molar refractivity (Wildman–Crippen MR) is 145 cm³/mol. The Morgan fingerprint density at radius 1 is 1.02 bits per heavy atom. The van der Waals surface area contributed by atoms with Gasteiger partial charge in [0, 0.05) is 30.8 Å². The molecule has 7 nitrogen and oxygen atoms in total. The number of hydrogen-bond donors (Lipinski definition) is 2. The highest BCUT2D eigenvalue weighted by Gasteiger charge is 2.60. The summed E-state index contributed by atoms with van der Waals surface area (Å²) in [4.78, 5) is 4.29. The van der Waals surface area contributed by atoms with Gasteiger partial charge in [-0.25, -0.2) is 9.37 Å². The van der Waals surface area contributed by atoms with Crippen LogP contribution < -0.4 is 5.32 Å². The van der Waals surface area contributed by atoms with E-state index in [9.17, 15) is 35.8 Å². The molecule has 14 heteroatoms. The Bertz CT molecular complexity index is 1850. The number of hydrogen-bond acceptors (Lipinski definition) is 6. The molecule has 3 aromatic carbocycles. The van der Waals surface area contributed by atoms with Crippen molar-refractivity contribution in [2.45, 2.75) is 49.8 Å². The van der Waals surface area contributed by atoms with Crippen molar-refractivity contribution >= 4 is 11.1 Å². The summed E-state index contributed by atoms with van der Waals surface area (Å²) in [6.07, 6.45) is -8.64. The van der Waals surface area contributed by atoms with Crippen LogP contribution in [0.25, 0.3) is 45.1 Å². The summed E-state index contributed by atoms with van der Waals surface area (Å²) in [6.45, 7) is -0.366. The lowest BCUT2D eigenvalue weighted by Crippen LogP contribution is -2.56. The van der Waals surface area contributed by atoms with Crippen molar-refractivity contribution in [2.24, 2.45) is 7.05 Å². The quantitative estimate of drug-likeness (QED) is 0.198. The number of fused-ring (bicyclic) bond motifs is 1. The summed E-state index contributed by atoms with van der Waals surface area (Å²) in [5.74, 6) is -0.223. The SMILES string of the molecule is Cn1cnnc1-c1cc(F)ccc1-c1cccc(-c2nc3cc(CN[C@@H]4CCC[C@@]4(O)C(F)(F)F)cc(C(F)(F)F)c3o2)c1. The van der Waals surface area contributed by atoms with E-state index in [4.69, 9.17) is 4.42 Å². The molecule has 1 fully saturated rings. The largest absolute Gasteiger partial charge is 0.435 e. The zero-order valence-electron chi connectivity index (χ0n) is 23.0. The lowest BCUT2D eigenvalue weighted by molar-refractivity contribution is -0.264. The van der Waals surface area contributed by atoms with Gasteiger partial charge >= 0.3 is 12.4 Å². The van der Waals surface area contributed by atoms with Crippen LogP contribution in [0, 0.1) is 5.82 Å². The molecule has 0 aliphatic heterocycles. The van der Waals surface area contributed by atoms with E-state index in [-0.39, 0.29) is 36.4 Å². The fraction of sp³-hybridized carbons (Fsp3) is 0.300. The van der Waals surface area contributed by atoms with Crippen molar-refractivity contribution in [3.63, 3.8) is 0 Å². The molecular weight excluding hydrogens is 595 g/mol. The molecule has 230 valence electrons. The van der Waals surface area contributed by atoms with Crippen molar-refractivity contribution < 1.29 is 40.3 Å². The van der Waals surface area contributed by atoms with Gasteiger partial charge in [0.25, 0.3) is 0 Å². The minimum Gasteiger partial charge on any atom is -0.435 e. The number of rotatable bonds is 6. The lowest BCUT2D eigenvalue weighted by atomic mass is 9.96. The van der Waals surface area contributed by atoms with E-state index in [2.05, 4.69) is 20.5 Å². The number of benzene rings is 3. The van der Waals surface area contributed by atoms with E-state index in [0.29, 0.717) is 28.1 Å². The van der Waals surface area contributed by atoms with Crippen LogP contribution >= 0.6 is 0 Å². The van der Waals surface area contributed by atoms with E-state index in [1.54, 1.807) is 41.9 Å². The van der Waals surface area contributed by atoms with Gasteiger partial charge in [-0.15, -0.1) is 10.2 Å². The normalized spacial score (nSPS) is 19.2. The molecule has 1 aliphatic carbocycles. The zero-order chi connectivity index (χ0) is 31.4. The Kier molecular flexibility index (Phi) is 7.24. The van der Waals surface area contributed by atoms with Crippen LogP contribution in [-0.2, 0) is 19.8 Å². The third-order valence-electron chi connectivity index (χ3n) is 7.88. The molecule has 0 unspecified atom stereocenters. The first-order chi connectivity index (χ1) is 20.7. The molecule has 0 saturated heterocycles. The van der Waals surface area contributed by atoms with E-state index >= 15 is 0 Å². The van der Waals surface area contributed by atoms with Gasteiger partial charge in [0.2, 0.25) is 5.89 Å². The average molecular weight is 620 g/mol. The molecule has 1 aliphatic rings. The molecule has 0 radical (unpaired) electrons. The Balaban J connectivity index is 1.36. The van der Waals surface area contributed by atoms with Crippen molar-refractivity contribution in [1.29, 1.82) is 0 Å². The van der Waals surface area contributed by atoms with Crippen LogP contribution in [0.5, 0.6) is 0 Å². The van der Waals surface area contributed by atoms with Gasteiger partial charge in [-0.2, -0.15) is 26.3 Å². The molecule has 2 N–H and O–H groups in total. The van der Waals surface area contributed by atoms with Crippen LogP contribution in [0.4, 0.5) is 30.7 Å². The fourth-order valence-corrected chi connectivity index (χ4v) is 5.67. The number of aromatic nitrogens is 4. The third-order valence-corrected chi connectivity index (χ3v) is 7.88. The molecule has 44 heavy (non-hydrogen) atoms. The number of aryl methyl sites for hydroxylation is 1. The standard InChI is InChI=1S/C30H24F7N5O2/c1-42-15-39-41-26(42)21-13-19(31)7-8-20(21)17-4-2-5-18(12-17)27-40-23-11-16(10-22(25(23)44-27)29(32,33)34)14-38-24-6-3-9-28(24,43)30(35,36)37/h2,4-5,7-8,10-13,15,24,38,43H,3,6,9,14H2,1H3/t24-,28+/m1/s1. The topological polar surface area (TPSA) is 89.0 Å². The maximum absolute atomic E-state index is 14.2. The van der Waals surface area contributed by atoms with Gasteiger partial charge in [0.1, 0.15) is 23.2 Å². The summed E-state index contributed by atoms with van der Waals surface area (Å²) in [7, 11) is 1.70. The van der Waals surface area contributed by atoms with E-state index in [1.165, 1.54) is 24.5 Å². The molecule has 0 amide bonds. The maximum atomic E-state index is 14.2. The van der Waals surface area contributed by atoms with Gasteiger partial charge in [0.05, 0.1) is 0 Å². The third kappa shape index (κ3) is 5.32. The molecule has 1 saturated carbocycles. The van der Waals surface area contributed by atoms with Gasteiger partial charge in [-0.1, -0.05) is 18.2 Å². The average Bonchev–Trinajstić information content (AvgIpc) is 3.69. The first-order valence-corrected chi connectivity index (χ1v) is 13.5. The van der Waals surface area contributed by atoms with Crippen molar-refractivity contribution in [3.8, 4) is 34.0 Å². The summed E-state index contributed by atoms with van der Waals surface area (Å²) in [6, 6.07) is 11.5. The second kappa shape index (κ2) is 10.7. The highest BCUT2D eigenvalue weighted by Crippen LogP contribution is 2.44. The van der Waals surface area contributed by atoms with Crippen LogP contribution in [-0.4, -0.2) is 42.7 Å². The molecule has 2 aromatic heterocycles. The molecule has 2 heterocycles. The monoisotopic (exact) mass is 619 g/mol. The smallest absolute Gasteiger partial charge is 0.420 e. The van der Waals surface area contributed by atoms with Crippen LogP contribution in [0.3, 0.4) is 0 Å². The summed E-state index contributed by atoms with van der Waals surface area (Å²) >= 11 is 0. The molecule has 2 atom stereocenters. The van der Waals surface area contributed by atoms with Crippen LogP contribution in [0.15, 0.2) is 65.3 Å². The lowest BCUT2D eigenvalue weighted by Gasteiger charge is -2.32. The number of halogens is 7. The number of nitrogens with zero attached hydrogens (tertiary/aromatic N) is 4. The van der Waals surface area contributed by atoms with Gasteiger partial charge < -0.3 is 19.4 Å². The highest BCUT2D eigenvalue weighted by molar-refractivity contribution is 5.84. The maximum Gasteiger partial charge on any atom is 0.420 e. The van der Waals surface area contributed by atoms with Gasteiger partial charge in [0.15, 0.2) is 17.0 Å². The Morgan fingerprint density at radius 3 is 2.50 bits per heavy atom. The van der Waals surface area contributed by atoms with E-state index < -0.39 is 47.4 Å². The predicted octanol–water partition coefficient (Wildman–Crippen LogP) is 7.05. The second-order valence-electron chi connectivity index (χ2n) is 10.8. The number of nitrogens with one attached hydrogen (secondary N) is 1. The molecule has 0 spiro atoms. The summed E-state index contributed by atoms with van der Waals surface area (Å²) in [5, 5.41) is 20.7. The second-order valence-corrected chi connectivity index (χ2v) is 10.8. The van der Waals surface area contributed by atoms with E-state index in [0.717, 1.165) is 6.07 Å². The molecular formula is C30H24F7N5O2. The fourth-order valence-electron chi connectivity index (χ4n) is 5.67.